The van der Waals surface area contributed by atoms with Crippen molar-refractivity contribution in [3.05, 3.63) is 70.8 Å². The molecule has 0 aliphatic carbocycles. The van der Waals surface area contributed by atoms with E-state index in [2.05, 4.69) is 5.32 Å². The molecule has 0 spiro atoms. The summed E-state index contributed by atoms with van der Waals surface area (Å²) in [6, 6.07) is 14.2. The van der Waals surface area contributed by atoms with E-state index in [1.807, 2.05) is 44.2 Å². The summed E-state index contributed by atoms with van der Waals surface area (Å²) in [5.74, 6) is -0.773. The van der Waals surface area contributed by atoms with Crippen LogP contribution in [-0.4, -0.2) is 29.7 Å². The van der Waals surface area contributed by atoms with Gasteiger partial charge in [0.15, 0.2) is 0 Å². The molecule has 3 rings (SSSR count). The minimum atomic E-state index is -0.377. The Hall–Kier alpha value is -2.95. The number of nitrogens with one attached hydrogen (secondary N) is 1. The van der Waals surface area contributed by atoms with Crippen LogP contribution in [0.5, 0.6) is 0 Å². The van der Waals surface area contributed by atoms with Gasteiger partial charge >= 0.3 is 0 Å². The zero-order valence-electron chi connectivity index (χ0n) is 14.4. The van der Waals surface area contributed by atoms with Crippen LogP contribution in [0.1, 0.15) is 56.5 Å². The van der Waals surface area contributed by atoms with Gasteiger partial charge in [0.1, 0.15) is 0 Å². The second-order valence-corrected chi connectivity index (χ2v) is 6.54. The summed E-state index contributed by atoms with van der Waals surface area (Å²) >= 11 is 0. The fourth-order valence-electron chi connectivity index (χ4n) is 3.02. The first kappa shape index (κ1) is 16.9. The van der Waals surface area contributed by atoms with Gasteiger partial charge in [0.05, 0.1) is 17.2 Å². The standard InChI is InChI=1S/C20H20N2O3/c1-12(2)17(13-7-5-4-6-8-13)21-18(23)14-9-10-15-16(11-14)20(25)22(3)19(15)24/h4-12,17H,1-3H3,(H,21,23)/t17-/m1/s1. The smallest absolute Gasteiger partial charge is 0.261 e. The molecule has 0 saturated carbocycles. The first-order valence-corrected chi connectivity index (χ1v) is 8.22. The third kappa shape index (κ3) is 3.05. The predicted octanol–water partition coefficient (Wildman–Crippen LogP) is 3.04. The number of fused-ring (bicyclic) bond motifs is 1. The van der Waals surface area contributed by atoms with E-state index >= 15 is 0 Å². The largest absolute Gasteiger partial charge is 0.345 e. The highest BCUT2D eigenvalue weighted by Gasteiger charge is 2.33. The monoisotopic (exact) mass is 336 g/mol. The molecule has 1 atom stereocenters. The molecule has 3 amide bonds. The second kappa shape index (κ2) is 6.51. The molecular formula is C20H20N2O3. The van der Waals surface area contributed by atoms with Gasteiger partial charge in [-0.1, -0.05) is 44.2 Å². The van der Waals surface area contributed by atoms with Crippen molar-refractivity contribution in [2.75, 3.05) is 7.05 Å². The van der Waals surface area contributed by atoms with Crippen LogP contribution in [0.3, 0.4) is 0 Å². The minimum Gasteiger partial charge on any atom is -0.345 e. The van der Waals surface area contributed by atoms with E-state index in [9.17, 15) is 14.4 Å². The molecule has 2 aromatic carbocycles. The van der Waals surface area contributed by atoms with Gasteiger partial charge in [-0.15, -0.1) is 0 Å². The van der Waals surface area contributed by atoms with Crippen LogP contribution in [0.15, 0.2) is 48.5 Å². The van der Waals surface area contributed by atoms with Crippen molar-refractivity contribution in [2.45, 2.75) is 19.9 Å². The molecule has 5 nitrogen and oxygen atoms in total. The van der Waals surface area contributed by atoms with E-state index in [0.29, 0.717) is 11.1 Å². The second-order valence-electron chi connectivity index (χ2n) is 6.54. The maximum atomic E-state index is 12.7. The Bertz CT molecular complexity index is 843. The molecule has 0 radical (unpaired) electrons. The van der Waals surface area contributed by atoms with Gasteiger partial charge in [-0.2, -0.15) is 0 Å². The van der Waals surface area contributed by atoms with Crippen LogP contribution < -0.4 is 5.32 Å². The molecule has 2 aromatic rings. The van der Waals surface area contributed by atoms with Crippen LogP contribution in [0.2, 0.25) is 0 Å². The lowest BCUT2D eigenvalue weighted by Gasteiger charge is -2.23. The third-order valence-corrected chi connectivity index (χ3v) is 4.46. The lowest BCUT2D eigenvalue weighted by molar-refractivity contribution is 0.0693. The lowest BCUT2D eigenvalue weighted by Crippen LogP contribution is -2.31. The molecule has 1 N–H and O–H groups in total. The summed E-state index contributed by atoms with van der Waals surface area (Å²) in [6.45, 7) is 4.08. The van der Waals surface area contributed by atoms with Crippen LogP contribution in [0.25, 0.3) is 0 Å². The summed E-state index contributed by atoms with van der Waals surface area (Å²) < 4.78 is 0. The average molecular weight is 336 g/mol. The SMILES string of the molecule is CC(C)[C@@H](NC(=O)c1ccc2c(c1)C(=O)N(C)C2=O)c1ccccc1. The van der Waals surface area contributed by atoms with Gasteiger partial charge in [-0.3, -0.25) is 19.3 Å². The third-order valence-electron chi connectivity index (χ3n) is 4.46. The normalized spacial score (nSPS) is 14.6. The molecule has 25 heavy (non-hydrogen) atoms. The zero-order valence-corrected chi connectivity index (χ0v) is 14.4. The van der Waals surface area contributed by atoms with Gasteiger partial charge in [0, 0.05) is 12.6 Å². The number of imide groups is 1. The molecule has 0 bridgehead atoms. The van der Waals surface area contributed by atoms with Crippen LogP contribution in [0, 0.1) is 5.92 Å². The summed E-state index contributed by atoms with van der Waals surface area (Å²) in [5.41, 5.74) is 2.02. The average Bonchev–Trinajstić information content (AvgIpc) is 2.84. The van der Waals surface area contributed by atoms with E-state index < -0.39 is 0 Å². The Balaban J connectivity index is 1.87. The number of hydrogen-bond acceptors (Lipinski definition) is 3. The molecule has 0 unspecified atom stereocenters. The summed E-state index contributed by atoms with van der Waals surface area (Å²) in [5, 5.41) is 3.03. The van der Waals surface area contributed by atoms with E-state index in [4.69, 9.17) is 0 Å². The number of carbonyl (C=O) groups is 3. The Morgan fingerprint density at radius 3 is 2.24 bits per heavy atom. The maximum absolute atomic E-state index is 12.7. The van der Waals surface area contributed by atoms with E-state index in [-0.39, 0.29) is 35.2 Å². The van der Waals surface area contributed by atoms with Crippen molar-refractivity contribution >= 4 is 17.7 Å². The van der Waals surface area contributed by atoms with Crippen molar-refractivity contribution in [3.63, 3.8) is 0 Å². The van der Waals surface area contributed by atoms with Gasteiger partial charge in [0.25, 0.3) is 17.7 Å². The lowest BCUT2D eigenvalue weighted by atomic mass is 9.95. The van der Waals surface area contributed by atoms with Crippen molar-refractivity contribution in [1.82, 2.24) is 10.2 Å². The molecule has 128 valence electrons. The molecular weight excluding hydrogens is 316 g/mol. The molecule has 1 aliphatic rings. The predicted molar refractivity (Wildman–Crippen MR) is 94.4 cm³/mol. The van der Waals surface area contributed by atoms with Gasteiger partial charge in [0.2, 0.25) is 0 Å². The van der Waals surface area contributed by atoms with E-state index in [1.165, 1.54) is 13.1 Å². The van der Waals surface area contributed by atoms with Crippen LogP contribution in [0.4, 0.5) is 0 Å². The maximum Gasteiger partial charge on any atom is 0.261 e. The molecule has 5 heteroatoms. The highest BCUT2D eigenvalue weighted by molar-refractivity contribution is 6.21. The van der Waals surface area contributed by atoms with Crippen molar-refractivity contribution in [3.8, 4) is 0 Å². The highest BCUT2D eigenvalue weighted by atomic mass is 16.2. The number of nitrogens with zero attached hydrogens (tertiary/aromatic N) is 1. The van der Waals surface area contributed by atoms with Crippen molar-refractivity contribution in [2.24, 2.45) is 5.92 Å². The number of benzene rings is 2. The van der Waals surface area contributed by atoms with E-state index in [0.717, 1.165) is 10.5 Å². The first-order chi connectivity index (χ1) is 11.9. The number of hydrogen-bond donors (Lipinski definition) is 1. The molecule has 1 heterocycles. The summed E-state index contributed by atoms with van der Waals surface area (Å²) in [6.07, 6.45) is 0. The zero-order chi connectivity index (χ0) is 18.1. The Labute approximate surface area is 146 Å². The number of rotatable bonds is 4. The molecule has 0 saturated heterocycles. The minimum absolute atomic E-state index is 0.137. The Morgan fingerprint density at radius 1 is 0.960 bits per heavy atom. The summed E-state index contributed by atoms with van der Waals surface area (Å²) in [7, 11) is 1.44. The first-order valence-electron chi connectivity index (χ1n) is 8.22. The Kier molecular flexibility index (Phi) is 4.40. The fraction of sp³-hybridized carbons (Fsp3) is 0.250. The quantitative estimate of drug-likeness (QED) is 0.873. The molecule has 0 aromatic heterocycles. The van der Waals surface area contributed by atoms with Gasteiger partial charge < -0.3 is 5.32 Å². The van der Waals surface area contributed by atoms with E-state index in [1.54, 1.807) is 12.1 Å². The van der Waals surface area contributed by atoms with Crippen LogP contribution >= 0.6 is 0 Å². The Morgan fingerprint density at radius 2 is 1.60 bits per heavy atom. The fourth-order valence-corrected chi connectivity index (χ4v) is 3.02. The highest BCUT2D eigenvalue weighted by Crippen LogP contribution is 2.25. The molecule has 0 fully saturated rings. The van der Waals surface area contributed by atoms with Crippen LogP contribution in [-0.2, 0) is 0 Å². The number of carbonyl (C=O) groups excluding carboxylic acids is 3. The summed E-state index contributed by atoms with van der Waals surface area (Å²) in [4.78, 5) is 37.8. The number of amides is 3. The van der Waals surface area contributed by atoms with Gasteiger partial charge in [-0.05, 0) is 29.7 Å². The topological polar surface area (TPSA) is 66.5 Å². The van der Waals surface area contributed by atoms with Crippen molar-refractivity contribution in [1.29, 1.82) is 0 Å². The molecule has 1 aliphatic heterocycles. The van der Waals surface area contributed by atoms with Gasteiger partial charge in [-0.25, -0.2) is 0 Å². The van der Waals surface area contributed by atoms with Crippen molar-refractivity contribution < 1.29 is 14.4 Å².